The Labute approximate surface area is 137 Å². The van der Waals surface area contributed by atoms with E-state index in [4.69, 9.17) is 0 Å². The van der Waals surface area contributed by atoms with Crippen molar-refractivity contribution in [2.45, 2.75) is 18.8 Å². The van der Waals surface area contributed by atoms with Crippen LogP contribution in [-0.2, 0) is 0 Å². The summed E-state index contributed by atoms with van der Waals surface area (Å²) in [6.07, 6.45) is 0. The lowest BCUT2D eigenvalue weighted by molar-refractivity contribution is 0.0949. The molecular formula is C22H20O. The number of hydrogen-bond donors (Lipinski definition) is 0. The van der Waals surface area contributed by atoms with Crippen LogP contribution in [0.25, 0.3) is 0 Å². The molecule has 114 valence electrons. The summed E-state index contributed by atoms with van der Waals surface area (Å²) in [5, 5.41) is 0. The molecule has 1 nitrogen and oxygen atoms in total. The molecule has 3 rings (SSSR count). The molecule has 2 atom stereocenters. The maximum Gasteiger partial charge on any atom is 0.170 e. The van der Waals surface area contributed by atoms with E-state index in [0.717, 1.165) is 11.1 Å². The molecule has 0 bridgehead atoms. The first-order valence-electron chi connectivity index (χ1n) is 7.96. The average Bonchev–Trinajstić information content (AvgIpc) is 2.64. The molecule has 0 aliphatic rings. The van der Waals surface area contributed by atoms with Crippen molar-refractivity contribution in [3.05, 3.63) is 108 Å². The van der Waals surface area contributed by atoms with Gasteiger partial charge in [0.05, 0.1) is 5.92 Å². The van der Waals surface area contributed by atoms with Crippen LogP contribution >= 0.6 is 0 Å². The highest BCUT2D eigenvalue weighted by atomic mass is 16.1. The summed E-state index contributed by atoms with van der Waals surface area (Å²) < 4.78 is 0. The van der Waals surface area contributed by atoms with Gasteiger partial charge in [0, 0.05) is 5.56 Å². The van der Waals surface area contributed by atoms with Crippen molar-refractivity contribution in [3.63, 3.8) is 0 Å². The quantitative estimate of drug-likeness (QED) is 0.572. The normalized spacial score (nSPS) is 13.3. The van der Waals surface area contributed by atoms with Crippen LogP contribution in [0.15, 0.2) is 91.0 Å². The van der Waals surface area contributed by atoms with E-state index in [1.807, 2.05) is 78.9 Å². The van der Waals surface area contributed by atoms with E-state index in [9.17, 15) is 4.79 Å². The standard InChI is InChI=1S/C22H20O/c1-17(18-11-5-2-6-12-18)21(19-13-7-3-8-14-19)22(23)20-15-9-4-10-16-20/h2-17,21H,1H3/t17-,21+/m0/s1. The molecule has 0 saturated heterocycles. The molecule has 3 aromatic rings. The van der Waals surface area contributed by atoms with Crippen LogP contribution < -0.4 is 0 Å². The van der Waals surface area contributed by atoms with E-state index >= 15 is 0 Å². The van der Waals surface area contributed by atoms with Gasteiger partial charge in [0.25, 0.3) is 0 Å². The number of rotatable bonds is 5. The first-order chi connectivity index (χ1) is 11.3. The highest BCUT2D eigenvalue weighted by Crippen LogP contribution is 2.35. The molecular weight excluding hydrogens is 280 g/mol. The molecule has 0 fully saturated rings. The smallest absolute Gasteiger partial charge is 0.170 e. The third-order valence-electron chi connectivity index (χ3n) is 4.32. The monoisotopic (exact) mass is 300 g/mol. The fourth-order valence-electron chi connectivity index (χ4n) is 3.06. The summed E-state index contributed by atoms with van der Waals surface area (Å²) in [6.45, 7) is 2.13. The van der Waals surface area contributed by atoms with Crippen molar-refractivity contribution in [2.24, 2.45) is 0 Å². The number of benzene rings is 3. The molecule has 0 heterocycles. The predicted molar refractivity (Wildman–Crippen MR) is 94.8 cm³/mol. The Balaban J connectivity index is 2.03. The Morgan fingerprint density at radius 2 is 1.09 bits per heavy atom. The van der Waals surface area contributed by atoms with Crippen LogP contribution in [0.3, 0.4) is 0 Å². The molecule has 0 unspecified atom stereocenters. The SMILES string of the molecule is C[C@@H](c1ccccc1)[C@@H](C(=O)c1ccccc1)c1ccccc1. The van der Waals surface area contributed by atoms with Gasteiger partial charge in [-0.1, -0.05) is 97.9 Å². The van der Waals surface area contributed by atoms with Gasteiger partial charge in [-0.05, 0) is 17.0 Å². The first-order valence-corrected chi connectivity index (χ1v) is 7.96. The van der Waals surface area contributed by atoms with Gasteiger partial charge in [0.15, 0.2) is 5.78 Å². The van der Waals surface area contributed by atoms with E-state index in [0.29, 0.717) is 0 Å². The van der Waals surface area contributed by atoms with Crippen molar-refractivity contribution in [1.29, 1.82) is 0 Å². The maximum atomic E-state index is 13.2. The average molecular weight is 300 g/mol. The van der Waals surface area contributed by atoms with E-state index in [-0.39, 0.29) is 17.6 Å². The van der Waals surface area contributed by atoms with Crippen LogP contribution in [0.5, 0.6) is 0 Å². The highest BCUT2D eigenvalue weighted by Gasteiger charge is 2.28. The third kappa shape index (κ3) is 3.40. The minimum absolute atomic E-state index is 0.117. The lowest BCUT2D eigenvalue weighted by Gasteiger charge is -2.24. The van der Waals surface area contributed by atoms with Gasteiger partial charge in [0.1, 0.15) is 0 Å². The lowest BCUT2D eigenvalue weighted by atomic mass is 9.78. The van der Waals surface area contributed by atoms with Gasteiger partial charge >= 0.3 is 0 Å². The number of carbonyl (C=O) groups is 1. The second-order valence-corrected chi connectivity index (χ2v) is 5.82. The molecule has 0 aliphatic heterocycles. The predicted octanol–water partition coefficient (Wildman–Crippen LogP) is 5.46. The lowest BCUT2D eigenvalue weighted by Crippen LogP contribution is -2.19. The molecule has 0 aliphatic carbocycles. The Hall–Kier alpha value is -2.67. The molecule has 0 amide bonds. The van der Waals surface area contributed by atoms with Crippen molar-refractivity contribution in [3.8, 4) is 0 Å². The largest absolute Gasteiger partial charge is 0.293 e. The molecule has 23 heavy (non-hydrogen) atoms. The van der Waals surface area contributed by atoms with E-state index in [1.54, 1.807) is 0 Å². The van der Waals surface area contributed by atoms with Gasteiger partial charge in [-0.25, -0.2) is 0 Å². The minimum Gasteiger partial charge on any atom is -0.293 e. The van der Waals surface area contributed by atoms with Gasteiger partial charge in [-0.2, -0.15) is 0 Å². The van der Waals surface area contributed by atoms with Crippen molar-refractivity contribution < 1.29 is 4.79 Å². The summed E-state index contributed by atoms with van der Waals surface area (Å²) in [7, 11) is 0. The van der Waals surface area contributed by atoms with Gasteiger partial charge in [0.2, 0.25) is 0 Å². The summed E-state index contributed by atoms with van der Waals surface area (Å²) in [6, 6.07) is 29.9. The van der Waals surface area contributed by atoms with Gasteiger partial charge < -0.3 is 0 Å². The van der Waals surface area contributed by atoms with Crippen molar-refractivity contribution in [2.75, 3.05) is 0 Å². The highest BCUT2D eigenvalue weighted by molar-refractivity contribution is 6.01. The molecule has 0 radical (unpaired) electrons. The Morgan fingerprint density at radius 1 is 0.652 bits per heavy atom. The fourth-order valence-corrected chi connectivity index (χ4v) is 3.06. The molecule has 0 aromatic heterocycles. The second-order valence-electron chi connectivity index (χ2n) is 5.82. The topological polar surface area (TPSA) is 17.1 Å². The zero-order valence-corrected chi connectivity index (χ0v) is 13.2. The van der Waals surface area contributed by atoms with Crippen LogP contribution in [0.4, 0.5) is 0 Å². The molecule has 1 heteroatoms. The molecule has 0 saturated carbocycles. The number of ketones is 1. The van der Waals surface area contributed by atoms with Crippen LogP contribution in [0.1, 0.15) is 40.2 Å². The number of Topliss-reactive ketones (excluding diaryl/α,β-unsaturated/α-hetero) is 1. The zero-order chi connectivity index (χ0) is 16.1. The molecule has 0 spiro atoms. The Bertz CT molecular complexity index is 748. The van der Waals surface area contributed by atoms with Crippen molar-refractivity contribution >= 4 is 5.78 Å². The number of hydrogen-bond acceptors (Lipinski definition) is 1. The Morgan fingerprint density at radius 3 is 1.61 bits per heavy atom. The zero-order valence-electron chi connectivity index (χ0n) is 13.2. The van der Waals surface area contributed by atoms with Gasteiger partial charge in [-0.15, -0.1) is 0 Å². The summed E-state index contributed by atoms with van der Waals surface area (Å²) in [4.78, 5) is 13.2. The summed E-state index contributed by atoms with van der Waals surface area (Å²) in [5.74, 6) is 0.112. The summed E-state index contributed by atoms with van der Waals surface area (Å²) >= 11 is 0. The maximum absolute atomic E-state index is 13.2. The third-order valence-corrected chi connectivity index (χ3v) is 4.32. The molecule has 3 aromatic carbocycles. The molecule has 0 N–H and O–H groups in total. The van der Waals surface area contributed by atoms with Crippen LogP contribution in [0.2, 0.25) is 0 Å². The van der Waals surface area contributed by atoms with Crippen LogP contribution in [-0.4, -0.2) is 5.78 Å². The van der Waals surface area contributed by atoms with E-state index in [1.165, 1.54) is 5.56 Å². The second kappa shape index (κ2) is 7.06. The van der Waals surface area contributed by atoms with E-state index in [2.05, 4.69) is 19.1 Å². The number of carbonyl (C=O) groups excluding carboxylic acids is 1. The van der Waals surface area contributed by atoms with E-state index < -0.39 is 0 Å². The van der Waals surface area contributed by atoms with Crippen molar-refractivity contribution in [1.82, 2.24) is 0 Å². The fraction of sp³-hybridized carbons (Fsp3) is 0.136. The Kier molecular flexibility index (Phi) is 4.68. The van der Waals surface area contributed by atoms with Gasteiger partial charge in [-0.3, -0.25) is 4.79 Å². The summed E-state index contributed by atoms with van der Waals surface area (Å²) in [5.41, 5.74) is 3.02. The minimum atomic E-state index is -0.180. The first kappa shape index (κ1) is 15.2. The van der Waals surface area contributed by atoms with Crippen LogP contribution in [0, 0.1) is 0 Å².